The topological polar surface area (TPSA) is 81.7 Å². The molecule has 0 fully saturated rings. The van der Waals surface area contributed by atoms with E-state index in [1.807, 2.05) is 13.0 Å². The van der Waals surface area contributed by atoms with Gasteiger partial charge in [0.2, 0.25) is 0 Å². The van der Waals surface area contributed by atoms with Crippen molar-refractivity contribution in [3.8, 4) is 0 Å². The lowest BCUT2D eigenvalue weighted by molar-refractivity contribution is -0.119. The summed E-state index contributed by atoms with van der Waals surface area (Å²) in [6.45, 7) is 5.65. The third kappa shape index (κ3) is 5.03. The van der Waals surface area contributed by atoms with E-state index in [4.69, 9.17) is 9.47 Å². The number of aryl methyl sites for hydroxylation is 1. The fourth-order valence-corrected chi connectivity index (χ4v) is 4.82. The second kappa shape index (κ2) is 9.22. The number of benzene rings is 1. The monoisotopic (exact) mass is 415 g/mol. The van der Waals surface area contributed by atoms with Gasteiger partial charge in [-0.15, -0.1) is 11.3 Å². The highest BCUT2D eigenvalue weighted by molar-refractivity contribution is 7.17. The minimum absolute atomic E-state index is 0.265. The number of fused-ring (bicyclic) bond motifs is 1. The van der Waals surface area contributed by atoms with Gasteiger partial charge in [0.15, 0.2) is 6.61 Å². The summed E-state index contributed by atoms with van der Waals surface area (Å²) in [4.78, 5) is 38.1. The van der Waals surface area contributed by atoms with Crippen LogP contribution in [0.5, 0.6) is 0 Å². The van der Waals surface area contributed by atoms with Crippen molar-refractivity contribution >= 4 is 34.2 Å². The van der Waals surface area contributed by atoms with Crippen LogP contribution in [0.15, 0.2) is 24.3 Å². The van der Waals surface area contributed by atoms with E-state index < -0.39 is 24.5 Å². The molecule has 0 saturated heterocycles. The van der Waals surface area contributed by atoms with Gasteiger partial charge in [-0.2, -0.15) is 0 Å². The average Bonchev–Trinajstić information content (AvgIpc) is 3.03. The Morgan fingerprint density at radius 1 is 1.21 bits per heavy atom. The Kier molecular flexibility index (Phi) is 6.69. The lowest BCUT2D eigenvalue weighted by Gasteiger charge is -2.18. The fourth-order valence-electron chi connectivity index (χ4n) is 3.41. The van der Waals surface area contributed by atoms with Gasteiger partial charge in [0.1, 0.15) is 5.00 Å². The second-order valence-corrected chi connectivity index (χ2v) is 8.38. The van der Waals surface area contributed by atoms with Crippen molar-refractivity contribution in [3.05, 3.63) is 51.4 Å². The van der Waals surface area contributed by atoms with E-state index in [-0.39, 0.29) is 6.61 Å². The van der Waals surface area contributed by atoms with Crippen LogP contribution >= 0.6 is 11.3 Å². The molecule has 1 aliphatic carbocycles. The predicted octanol–water partition coefficient (Wildman–Crippen LogP) is 4.15. The van der Waals surface area contributed by atoms with Crippen molar-refractivity contribution in [1.82, 2.24) is 0 Å². The van der Waals surface area contributed by atoms with Crippen molar-refractivity contribution < 1.29 is 23.9 Å². The summed E-state index contributed by atoms with van der Waals surface area (Å²) in [5.41, 5.74) is 2.74. The molecule has 0 bridgehead atoms. The number of esters is 2. The molecule has 0 aliphatic heterocycles. The summed E-state index contributed by atoms with van der Waals surface area (Å²) < 4.78 is 10.3. The Morgan fingerprint density at radius 3 is 2.72 bits per heavy atom. The SMILES string of the molecule is CCOC(=O)c1c(NC(=O)COC(=O)c2cccc(C)c2)sc2c1CCC(C)C2. The molecular formula is C22H25NO5S. The number of nitrogens with one attached hydrogen (secondary N) is 1. The van der Waals surface area contributed by atoms with Crippen molar-refractivity contribution in [1.29, 1.82) is 0 Å². The van der Waals surface area contributed by atoms with Crippen LogP contribution in [0.3, 0.4) is 0 Å². The summed E-state index contributed by atoms with van der Waals surface area (Å²) in [5.74, 6) is -0.932. The normalized spacial score (nSPS) is 15.3. The van der Waals surface area contributed by atoms with Crippen molar-refractivity contribution in [2.75, 3.05) is 18.5 Å². The number of carbonyl (C=O) groups is 3. The highest BCUT2D eigenvalue weighted by Gasteiger charge is 2.29. The zero-order valence-corrected chi connectivity index (χ0v) is 17.7. The summed E-state index contributed by atoms with van der Waals surface area (Å²) >= 11 is 1.41. The Morgan fingerprint density at radius 2 is 2.00 bits per heavy atom. The smallest absolute Gasteiger partial charge is 0.341 e. The molecule has 1 aromatic heterocycles. The van der Waals surface area contributed by atoms with Gasteiger partial charge >= 0.3 is 11.9 Å². The number of carbonyl (C=O) groups excluding carboxylic acids is 3. The number of rotatable bonds is 6. The van der Waals surface area contributed by atoms with Gasteiger partial charge in [0, 0.05) is 4.88 Å². The molecule has 29 heavy (non-hydrogen) atoms. The molecule has 0 radical (unpaired) electrons. The third-order valence-corrected chi connectivity index (χ3v) is 6.00. The van der Waals surface area contributed by atoms with Gasteiger partial charge in [-0.1, -0.05) is 24.6 Å². The first-order valence-corrected chi connectivity index (χ1v) is 10.6. The van der Waals surface area contributed by atoms with Crippen LogP contribution in [0.4, 0.5) is 5.00 Å². The summed E-state index contributed by atoms with van der Waals surface area (Å²) in [5, 5.41) is 3.21. The van der Waals surface area contributed by atoms with Gasteiger partial charge in [0.05, 0.1) is 17.7 Å². The third-order valence-electron chi connectivity index (χ3n) is 4.83. The largest absolute Gasteiger partial charge is 0.462 e. The molecule has 6 nitrogen and oxygen atoms in total. The molecule has 0 saturated carbocycles. The molecule has 7 heteroatoms. The van der Waals surface area contributed by atoms with Crippen molar-refractivity contribution in [3.63, 3.8) is 0 Å². The number of anilines is 1. The lowest BCUT2D eigenvalue weighted by atomic mass is 9.88. The van der Waals surface area contributed by atoms with Crippen molar-refractivity contribution in [2.45, 2.75) is 40.0 Å². The van der Waals surface area contributed by atoms with Crippen LogP contribution in [-0.2, 0) is 27.1 Å². The molecule has 1 aromatic carbocycles. The molecule has 3 rings (SSSR count). The molecule has 154 valence electrons. The van der Waals surface area contributed by atoms with Crippen LogP contribution in [0, 0.1) is 12.8 Å². The Labute approximate surface area is 174 Å². The van der Waals surface area contributed by atoms with Crippen LogP contribution in [0.1, 0.15) is 57.0 Å². The first-order valence-electron chi connectivity index (χ1n) is 9.74. The van der Waals surface area contributed by atoms with E-state index in [2.05, 4.69) is 12.2 Å². The average molecular weight is 416 g/mol. The molecular weight excluding hydrogens is 390 g/mol. The minimum atomic E-state index is -0.561. The number of thiophene rings is 1. The van der Waals surface area contributed by atoms with Gasteiger partial charge in [0.25, 0.3) is 5.91 Å². The first kappa shape index (κ1) is 21.0. The number of hydrogen-bond donors (Lipinski definition) is 1. The Balaban J connectivity index is 1.71. The minimum Gasteiger partial charge on any atom is -0.462 e. The number of hydrogen-bond acceptors (Lipinski definition) is 6. The highest BCUT2D eigenvalue weighted by Crippen LogP contribution is 2.40. The van der Waals surface area contributed by atoms with Crippen molar-refractivity contribution in [2.24, 2.45) is 5.92 Å². The summed E-state index contributed by atoms with van der Waals surface area (Å²) in [6, 6.07) is 6.97. The predicted molar refractivity (Wildman–Crippen MR) is 112 cm³/mol. The highest BCUT2D eigenvalue weighted by atomic mass is 32.1. The number of amides is 1. The van der Waals surface area contributed by atoms with Crippen LogP contribution in [0.25, 0.3) is 0 Å². The first-order chi connectivity index (χ1) is 13.9. The van der Waals surface area contributed by atoms with E-state index >= 15 is 0 Å². The lowest BCUT2D eigenvalue weighted by Crippen LogP contribution is -2.22. The summed E-state index contributed by atoms with van der Waals surface area (Å²) in [6.07, 6.45) is 2.67. The second-order valence-electron chi connectivity index (χ2n) is 7.27. The summed E-state index contributed by atoms with van der Waals surface area (Å²) in [7, 11) is 0. The molecule has 1 atom stereocenters. The van der Waals surface area contributed by atoms with Crippen LogP contribution in [-0.4, -0.2) is 31.1 Å². The fraction of sp³-hybridized carbons (Fsp3) is 0.409. The molecule has 1 heterocycles. The molecule has 1 N–H and O–H groups in total. The van der Waals surface area contributed by atoms with Crippen LogP contribution in [0.2, 0.25) is 0 Å². The van der Waals surface area contributed by atoms with Gasteiger partial charge in [-0.05, 0) is 56.7 Å². The van der Waals surface area contributed by atoms with E-state index in [1.165, 1.54) is 11.3 Å². The van der Waals surface area contributed by atoms with E-state index in [0.29, 0.717) is 22.0 Å². The van der Waals surface area contributed by atoms with E-state index in [0.717, 1.165) is 35.3 Å². The Bertz CT molecular complexity index is 933. The maximum absolute atomic E-state index is 12.5. The molecule has 2 aromatic rings. The molecule has 1 unspecified atom stereocenters. The van der Waals surface area contributed by atoms with Gasteiger partial charge in [-0.25, -0.2) is 9.59 Å². The molecule has 1 aliphatic rings. The van der Waals surface area contributed by atoms with E-state index in [1.54, 1.807) is 25.1 Å². The maximum Gasteiger partial charge on any atom is 0.341 e. The maximum atomic E-state index is 12.5. The zero-order chi connectivity index (χ0) is 21.0. The zero-order valence-electron chi connectivity index (χ0n) is 16.9. The Hall–Kier alpha value is -2.67. The van der Waals surface area contributed by atoms with Gasteiger partial charge in [-0.3, -0.25) is 4.79 Å². The molecule has 0 spiro atoms. The standard InChI is InChI=1S/C22H25NO5S/c1-4-27-22(26)19-16-9-8-14(3)11-17(16)29-20(19)23-18(24)12-28-21(25)15-7-5-6-13(2)10-15/h5-7,10,14H,4,8-9,11-12H2,1-3H3,(H,23,24). The molecule has 1 amide bonds. The van der Waals surface area contributed by atoms with Gasteiger partial charge < -0.3 is 14.8 Å². The van der Waals surface area contributed by atoms with Crippen LogP contribution < -0.4 is 5.32 Å². The number of ether oxygens (including phenoxy) is 2. The van der Waals surface area contributed by atoms with E-state index in [9.17, 15) is 14.4 Å². The quantitative estimate of drug-likeness (QED) is 0.717.